The van der Waals surface area contributed by atoms with E-state index in [0.717, 1.165) is 22.2 Å². The number of fused-ring (bicyclic) bond motifs is 1. The van der Waals surface area contributed by atoms with Gasteiger partial charge in [-0.25, -0.2) is 0 Å². The van der Waals surface area contributed by atoms with Crippen molar-refractivity contribution in [3.05, 3.63) is 87.7 Å². The van der Waals surface area contributed by atoms with E-state index in [4.69, 9.17) is 0 Å². The van der Waals surface area contributed by atoms with Crippen molar-refractivity contribution >= 4 is 45.4 Å². The first-order valence-electron chi connectivity index (χ1n) is 9.14. The summed E-state index contributed by atoms with van der Waals surface area (Å²) in [5.41, 5.74) is 4.57. The molecule has 0 fully saturated rings. The van der Waals surface area contributed by atoms with Crippen molar-refractivity contribution in [1.29, 1.82) is 0 Å². The van der Waals surface area contributed by atoms with Gasteiger partial charge in [0.25, 0.3) is 11.8 Å². The Bertz CT molecular complexity index is 1200. The van der Waals surface area contributed by atoms with Gasteiger partial charge < -0.3 is 10.6 Å². The molecule has 0 spiro atoms. The number of hydrogen-bond acceptors (Lipinski definition) is 4. The number of nitrogens with zero attached hydrogens (tertiary/aromatic N) is 1. The summed E-state index contributed by atoms with van der Waals surface area (Å²) in [6.07, 6.45) is 0. The predicted octanol–water partition coefficient (Wildman–Crippen LogP) is 5.42. The predicted molar refractivity (Wildman–Crippen MR) is 118 cm³/mol. The average molecular weight is 401 g/mol. The number of pyridine rings is 1. The van der Waals surface area contributed by atoms with Gasteiger partial charge in [-0.1, -0.05) is 17.7 Å². The number of hydrogen-bond donors (Lipinski definition) is 2. The first kappa shape index (κ1) is 18.8. The molecule has 29 heavy (non-hydrogen) atoms. The second-order valence-electron chi connectivity index (χ2n) is 6.79. The maximum Gasteiger partial charge on any atom is 0.265 e. The van der Waals surface area contributed by atoms with Gasteiger partial charge >= 0.3 is 0 Å². The third kappa shape index (κ3) is 4.17. The molecular formula is C23H19N3O2S. The zero-order chi connectivity index (χ0) is 20.4. The summed E-state index contributed by atoms with van der Waals surface area (Å²) in [6, 6.07) is 18.4. The van der Waals surface area contributed by atoms with E-state index in [0.29, 0.717) is 21.8 Å². The standard InChI is InChI=1S/C23H19N3O2S/c1-14-5-10-20-18(12-14)19(13-15(2)24-20)22(27)25-16-6-8-17(9-7-16)26-23(28)21-4-3-11-29-21/h3-13H,1-2H3,(H,25,27)(H,26,28). The quantitative estimate of drug-likeness (QED) is 0.480. The summed E-state index contributed by atoms with van der Waals surface area (Å²) in [6.45, 7) is 3.87. The highest BCUT2D eigenvalue weighted by atomic mass is 32.1. The van der Waals surface area contributed by atoms with Crippen LogP contribution in [-0.4, -0.2) is 16.8 Å². The minimum Gasteiger partial charge on any atom is -0.322 e. The van der Waals surface area contributed by atoms with E-state index >= 15 is 0 Å². The summed E-state index contributed by atoms with van der Waals surface area (Å²) in [5.74, 6) is -0.340. The molecule has 6 heteroatoms. The van der Waals surface area contributed by atoms with Crippen LogP contribution in [0.3, 0.4) is 0 Å². The van der Waals surface area contributed by atoms with Crippen LogP contribution in [0.15, 0.2) is 66.0 Å². The molecule has 2 N–H and O–H groups in total. The number of rotatable bonds is 4. The van der Waals surface area contributed by atoms with E-state index in [1.54, 1.807) is 36.4 Å². The first-order chi connectivity index (χ1) is 14.0. The molecule has 0 aliphatic heterocycles. The molecule has 2 heterocycles. The number of nitrogens with one attached hydrogen (secondary N) is 2. The Labute approximate surface area is 172 Å². The molecule has 2 aromatic carbocycles. The topological polar surface area (TPSA) is 71.1 Å². The summed E-state index contributed by atoms with van der Waals surface area (Å²) in [4.78, 5) is 30.2. The first-order valence-corrected chi connectivity index (χ1v) is 10.0. The fraction of sp³-hybridized carbons (Fsp3) is 0.0870. The van der Waals surface area contributed by atoms with Crippen LogP contribution >= 0.6 is 11.3 Å². The van der Waals surface area contributed by atoms with Gasteiger partial charge in [0.1, 0.15) is 0 Å². The Hall–Kier alpha value is -3.51. The monoisotopic (exact) mass is 401 g/mol. The van der Waals surface area contributed by atoms with E-state index in [9.17, 15) is 9.59 Å². The zero-order valence-corrected chi connectivity index (χ0v) is 16.8. The lowest BCUT2D eigenvalue weighted by Gasteiger charge is -2.10. The van der Waals surface area contributed by atoms with Crippen molar-refractivity contribution in [3.8, 4) is 0 Å². The second kappa shape index (κ2) is 7.85. The third-order valence-electron chi connectivity index (χ3n) is 4.48. The van der Waals surface area contributed by atoms with Crippen LogP contribution < -0.4 is 10.6 Å². The molecule has 0 radical (unpaired) electrons. The molecule has 4 rings (SSSR count). The summed E-state index contributed by atoms with van der Waals surface area (Å²) in [7, 11) is 0. The highest BCUT2D eigenvalue weighted by Gasteiger charge is 2.13. The number of carbonyl (C=O) groups is 2. The Morgan fingerprint density at radius 3 is 2.21 bits per heavy atom. The molecule has 5 nitrogen and oxygen atoms in total. The normalized spacial score (nSPS) is 10.7. The summed E-state index contributed by atoms with van der Waals surface area (Å²) >= 11 is 1.39. The molecule has 0 saturated heterocycles. The summed E-state index contributed by atoms with van der Waals surface area (Å²) < 4.78 is 0. The van der Waals surface area contributed by atoms with Crippen LogP contribution in [0.5, 0.6) is 0 Å². The van der Waals surface area contributed by atoms with Crippen LogP contribution in [0.4, 0.5) is 11.4 Å². The van der Waals surface area contributed by atoms with Crippen LogP contribution in [0.1, 0.15) is 31.3 Å². The lowest BCUT2D eigenvalue weighted by Crippen LogP contribution is -2.13. The number of anilines is 2. The van der Waals surface area contributed by atoms with Gasteiger partial charge in [0.15, 0.2) is 0 Å². The maximum atomic E-state index is 12.9. The fourth-order valence-corrected chi connectivity index (χ4v) is 3.71. The van der Waals surface area contributed by atoms with Crippen molar-refractivity contribution < 1.29 is 9.59 Å². The van der Waals surface area contributed by atoms with Crippen molar-refractivity contribution in [2.75, 3.05) is 10.6 Å². The van der Waals surface area contributed by atoms with Crippen LogP contribution in [0.25, 0.3) is 10.9 Å². The molecule has 144 valence electrons. The molecule has 0 saturated carbocycles. The van der Waals surface area contributed by atoms with Crippen LogP contribution in [0, 0.1) is 13.8 Å². The molecule has 0 aliphatic carbocycles. The highest BCUT2D eigenvalue weighted by molar-refractivity contribution is 7.12. The molecule has 0 atom stereocenters. The molecule has 0 unspecified atom stereocenters. The van der Waals surface area contributed by atoms with Gasteiger partial charge in [0.05, 0.1) is 16.0 Å². The summed E-state index contributed by atoms with van der Waals surface area (Å²) in [5, 5.41) is 8.46. The number of thiophene rings is 1. The van der Waals surface area contributed by atoms with E-state index in [-0.39, 0.29) is 11.8 Å². The van der Waals surface area contributed by atoms with Gasteiger partial charge in [-0.05, 0) is 67.8 Å². The minimum absolute atomic E-state index is 0.147. The Morgan fingerprint density at radius 2 is 1.55 bits per heavy atom. The van der Waals surface area contributed by atoms with E-state index in [2.05, 4.69) is 15.6 Å². The Balaban J connectivity index is 1.52. The zero-order valence-electron chi connectivity index (χ0n) is 16.0. The fourth-order valence-electron chi connectivity index (χ4n) is 3.10. The largest absolute Gasteiger partial charge is 0.322 e. The van der Waals surface area contributed by atoms with Crippen molar-refractivity contribution in [3.63, 3.8) is 0 Å². The number of carbonyl (C=O) groups excluding carboxylic acids is 2. The molecule has 0 bridgehead atoms. The average Bonchev–Trinajstić information content (AvgIpc) is 3.24. The molecule has 2 aromatic heterocycles. The molecular weight excluding hydrogens is 382 g/mol. The molecule has 2 amide bonds. The van der Waals surface area contributed by atoms with Crippen molar-refractivity contribution in [1.82, 2.24) is 4.98 Å². The number of amides is 2. The molecule has 0 aliphatic rings. The van der Waals surface area contributed by atoms with Gasteiger partial charge in [0, 0.05) is 22.5 Å². The number of benzene rings is 2. The second-order valence-corrected chi connectivity index (χ2v) is 7.74. The Morgan fingerprint density at radius 1 is 0.862 bits per heavy atom. The van der Waals surface area contributed by atoms with Crippen molar-refractivity contribution in [2.45, 2.75) is 13.8 Å². The Kier molecular flexibility index (Phi) is 5.10. The smallest absolute Gasteiger partial charge is 0.265 e. The van der Waals surface area contributed by atoms with E-state index < -0.39 is 0 Å². The van der Waals surface area contributed by atoms with Gasteiger partial charge in [-0.15, -0.1) is 11.3 Å². The lowest BCUT2D eigenvalue weighted by molar-refractivity contribution is 0.102. The maximum absolute atomic E-state index is 12.9. The van der Waals surface area contributed by atoms with Gasteiger partial charge in [0.2, 0.25) is 0 Å². The van der Waals surface area contributed by atoms with E-state index in [1.165, 1.54) is 11.3 Å². The minimum atomic E-state index is -0.193. The van der Waals surface area contributed by atoms with Crippen molar-refractivity contribution in [2.24, 2.45) is 0 Å². The number of aromatic nitrogens is 1. The number of aryl methyl sites for hydroxylation is 2. The van der Waals surface area contributed by atoms with E-state index in [1.807, 2.05) is 43.5 Å². The third-order valence-corrected chi connectivity index (χ3v) is 5.35. The SMILES string of the molecule is Cc1ccc2nc(C)cc(C(=O)Nc3ccc(NC(=O)c4cccs4)cc3)c2c1. The highest BCUT2D eigenvalue weighted by Crippen LogP contribution is 2.22. The van der Waals surface area contributed by atoms with Gasteiger partial charge in [-0.3, -0.25) is 14.6 Å². The lowest BCUT2D eigenvalue weighted by atomic mass is 10.0. The van der Waals surface area contributed by atoms with Crippen LogP contribution in [-0.2, 0) is 0 Å². The molecule has 4 aromatic rings. The van der Waals surface area contributed by atoms with Crippen LogP contribution in [0.2, 0.25) is 0 Å². The van der Waals surface area contributed by atoms with Gasteiger partial charge in [-0.2, -0.15) is 0 Å².